The monoisotopic (exact) mass is 233 g/mol. The van der Waals surface area contributed by atoms with E-state index in [1.165, 1.54) is 18.3 Å². The summed E-state index contributed by atoms with van der Waals surface area (Å²) in [7, 11) is 0. The van der Waals surface area contributed by atoms with Gasteiger partial charge in [0.05, 0.1) is 5.56 Å². The molecule has 0 radical (unpaired) electrons. The average Bonchev–Trinajstić information content (AvgIpc) is 2.34. The summed E-state index contributed by atoms with van der Waals surface area (Å²) in [6.45, 7) is 0. The van der Waals surface area contributed by atoms with Crippen LogP contribution in [0.1, 0.15) is 15.9 Å². The van der Waals surface area contributed by atoms with E-state index in [2.05, 4.69) is 4.98 Å². The smallest absolute Gasteiger partial charge is 0.170 e. The lowest BCUT2D eigenvalue weighted by molar-refractivity contribution is 0.0988. The molecule has 2 nitrogen and oxygen atoms in total. The molecule has 0 unspecified atom stereocenters. The summed E-state index contributed by atoms with van der Waals surface area (Å²) in [6.07, 6.45) is 3.11. The maximum Gasteiger partial charge on any atom is 0.170 e. The molecule has 0 N–H and O–H groups in total. The molecule has 4 heteroatoms. The first-order chi connectivity index (χ1) is 8.18. The van der Waals surface area contributed by atoms with E-state index < -0.39 is 17.4 Å². The highest BCUT2D eigenvalue weighted by Gasteiger charge is 2.15. The summed E-state index contributed by atoms with van der Waals surface area (Å²) >= 11 is 0. The Labute approximate surface area is 96.9 Å². The van der Waals surface area contributed by atoms with Gasteiger partial charge >= 0.3 is 0 Å². The second-order valence-corrected chi connectivity index (χ2v) is 3.56. The molecule has 0 amide bonds. The number of ketones is 1. The Bertz CT molecular complexity index is 540. The third-order valence-corrected chi connectivity index (χ3v) is 2.34. The summed E-state index contributed by atoms with van der Waals surface area (Å²) < 4.78 is 26.3. The predicted octanol–water partition coefficient (Wildman–Crippen LogP) is 2.79. The molecule has 0 saturated carbocycles. The van der Waals surface area contributed by atoms with E-state index in [1.54, 1.807) is 18.3 Å². The number of hydrogen-bond acceptors (Lipinski definition) is 2. The van der Waals surface area contributed by atoms with Crippen molar-refractivity contribution >= 4 is 5.78 Å². The van der Waals surface area contributed by atoms with Gasteiger partial charge in [-0.3, -0.25) is 9.78 Å². The van der Waals surface area contributed by atoms with Gasteiger partial charge in [-0.25, -0.2) is 8.78 Å². The maximum atomic E-state index is 13.3. The van der Waals surface area contributed by atoms with Crippen LogP contribution in [0.5, 0.6) is 0 Å². The van der Waals surface area contributed by atoms with E-state index in [0.29, 0.717) is 5.56 Å². The molecule has 1 aromatic heterocycles. The van der Waals surface area contributed by atoms with Crippen molar-refractivity contribution in [2.24, 2.45) is 0 Å². The molecule has 0 aliphatic rings. The Morgan fingerprint density at radius 1 is 1.18 bits per heavy atom. The fourth-order valence-corrected chi connectivity index (χ4v) is 1.50. The molecule has 2 rings (SSSR count). The highest BCUT2D eigenvalue weighted by molar-refractivity contribution is 5.97. The third-order valence-electron chi connectivity index (χ3n) is 2.34. The summed E-state index contributed by atoms with van der Waals surface area (Å²) in [6, 6.07) is 6.97. The molecular weight excluding hydrogens is 224 g/mol. The van der Waals surface area contributed by atoms with Crippen molar-refractivity contribution in [3.8, 4) is 0 Å². The lowest BCUT2D eigenvalue weighted by Gasteiger charge is -2.03. The van der Waals surface area contributed by atoms with Crippen molar-refractivity contribution < 1.29 is 13.6 Å². The van der Waals surface area contributed by atoms with Crippen LogP contribution >= 0.6 is 0 Å². The van der Waals surface area contributed by atoms with Gasteiger partial charge in [0.1, 0.15) is 0 Å². The lowest BCUT2D eigenvalue weighted by atomic mass is 10.0. The lowest BCUT2D eigenvalue weighted by Crippen LogP contribution is -2.07. The van der Waals surface area contributed by atoms with E-state index in [4.69, 9.17) is 0 Å². The van der Waals surface area contributed by atoms with Gasteiger partial charge in [-0.05, 0) is 23.8 Å². The molecule has 0 fully saturated rings. The number of carbonyl (C=O) groups is 1. The van der Waals surface area contributed by atoms with Crippen molar-refractivity contribution in [3.63, 3.8) is 0 Å². The topological polar surface area (TPSA) is 30.0 Å². The Hall–Kier alpha value is -2.10. The second kappa shape index (κ2) is 4.82. The summed E-state index contributed by atoms with van der Waals surface area (Å²) in [5, 5.41) is 0. The normalized spacial score (nSPS) is 10.2. The molecule has 17 heavy (non-hydrogen) atoms. The van der Waals surface area contributed by atoms with Crippen LogP contribution in [-0.2, 0) is 6.42 Å². The van der Waals surface area contributed by atoms with Crippen LogP contribution in [0.4, 0.5) is 8.78 Å². The quantitative estimate of drug-likeness (QED) is 0.763. The Kier molecular flexibility index (Phi) is 3.23. The number of carbonyl (C=O) groups excluding carboxylic acids is 1. The van der Waals surface area contributed by atoms with Crippen molar-refractivity contribution in [2.75, 3.05) is 0 Å². The van der Waals surface area contributed by atoms with Crippen LogP contribution in [0, 0.1) is 11.6 Å². The standard InChI is InChI=1S/C13H9F2NO/c14-11-5-1-4-10(13(11)15)12(17)7-9-3-2-6-16-8-9/h1-6,8H,7H2. The summed E-state index contributed by atoms with van der Waals surface area (Å²) in [5.41, 5.74) is 0.440. The van der Waals surface area contributed by atoms with E-state index >= 15 is 0 Å². The van der Waals surface area contributed by atoms with Crippen LogP contribution in [0.2, 0.25) is 0 Å². The molecule has 1 heterocycles. The van der Waals surface area contributed by atoms with E-state index in [1.807, 2.05) is 0 Å². The predicted molar refractivity (Wildman–Crippen MR) is 58.6 cm³/mol. The number of rotatable bonds is 3. The minimum atomic E-state index is -1.10. The van der Waals surface area contributed by atoms with Crippen molar-refractivity contribution in [2.45, 2.75) is 6.42 Å². The number of pyridine rings is 1. The van der Waals surface area contributed by atoms with E-state index in [0.717, 1.165) is 6.07 Å². The molecule has 2 aromatic rings. The molecular formula is C13H9F2NO. The minimum absolute atomic E-state index is 0.00815. The fourth-order valence-electron chi connectivity index (χ4n) is 1.50. The van der Waals surface area contributed by atoms with Gasteiger partial charge in [-0.15, -0.1) is 0 Å². The molecule has 0 saturated heterocycles. The summed E-state index contributed by atoms with van der Waals surface area (Å²) in [5.74, 6) is -2.57. The number of aromatic nitrogens is 1. The zero-order chi connectivity index (χ0) is 12.3. The van der Waals surface area contributed by atoms with Gasteiger partial charge in [0, 0.05) is 18.8 Å². The Morgan fingerprint density at radius 3 is 2.71 bits per heavy atom. The number of hydrogen-bond donors (Lipinski definition) is 0. The van der Waals surface area contributed by atoms with E-state index in [9.17, 15) is 13.6 Å². The molecule has 1 aromatic carbocycles. The van der Waals surface area contributed by atoms with Gasteiger partial charge in [0.2, 0.25) is 0 Å². The van der Waals surface area contributed by atoms with E-state index in [-0.39, 0.29) is 12.0 Å². The number of halogens is 2. The second-order valence-electron chi connectivity index (χ2n) is 3.56. The van der Waals surface area contributed by atoms with Crippen LogP contribution in [-0.4, -0.2) is 10.8 Å². The van der Waals surface area contributed by atoms with Gasteiger partial charge in [0.15, 0.2) is 17.4 Å². The minimum Gasteiger partial charge on any atom is -0.294 e. The highest BCUT2D eigenvalue weighted by Crippen LogP contribution is 2.14. The SMILES string of the molecule is O=C(Cc1cccnc1)c1cccc(F)c1F. The fraction of sp³-hybridized carbons (Fsp3) is 0.0769. The molecule has 0 spiro atoms. The largest absolute Gasteiger partial charge is 0.294 e. The van der Waals surface area contributed by atoms with Gasteiger partial charge < -0.3 is 0 Å². The average molecular weight is 233 g/mol. The van der Waals surface area contributed by atoms with Crippen molar-refractivity contribution in [1.82, 2.24) is 4.98 Å². The Morgan fingerprint density at radius 2 is 2.00 bits per heavy atom. The first-order valence-corrected chi connectivity index (χ1v) is 5.04. The molecule has 0 atom stereocenters. The third kappa shape index (κ3) is 2.53. The molecule has 0 aliphatic carbocycles. The van der Waals surface area contributed by atoms with Gasteiger partial charge in [-0.1, -0.05) is 12.1 Å². The zero-order valence-corrected chi connectivity index (χ0v) is 8.86. The van der Waals surface area contributed by atoms with Crippen molar-refractivity contribution in [3.05, 3.63) is 65.5 Å². The van der Waals surface area contributed by atoms with Crippen LogP contribution < -0.4 is 0 Å². The Balaban J connectivity index is 2.24. The molecule has 0 bridgehead atoms. The number of Topliss-reactive ketones (excluding diaryl/α,β-unsaturated/α-hetero) is 1. The van der Waals surface area contributed by atoms with Crippen LogP contribution in [0.3, 0.4) is 0 Å². The summed E-state index contributed by atoms with van der Waals surface area (Å²) in [4.78, 5) is 15.6. The maximum absolute atomic E-state index is 13.3. The molecule has 0 aliphatic heterocycles. The highest BCUT2D eigenvalue weighted by atomic mass is 19.2. The number of nitrogens with zero attached hydrogens (tertiary/aromatic N) is 1. The van der Waals surface area contributed by atoms with Gasteiger partial charge in [0.25, 0.3) is 0 Å². The number of benzene rings is 1. The zero-order valence-electron chi connectivity index (χ0n) is 8.86. The first kappa shape index (κ1) is 11.4. The van der Waals surface area contributed by atoms with Crippen LogP contribution in [0.25, 0.3) is 0 Å². The van der Waals surface area contributed by atoms with Gasteiger partial charge in [-0.2, -0.15) is 0 Å². The molecule has 86 valence electrons. The van der Waals surface area contributed by atoms with Crippen LogP contribution in [0.15, 0.2) is 42.7 Å². The first-order valence-electron chi connectivity index (χ1n) is 5.04. The van der Waals surface area contributed by atoms with Crippen molar-refractivity contribution in [1.29, 1.82) is 0 Å².